The molecule has 1 aliphatic carbocycles. The molecule has 1 saturated heterocycles. The van der Waals surface area contributed by atoms with Gasteiger partial charge in [0.1, 0.15) is 0 Å². The molecule has 1 aromatic rings. The van der Waals surface area contributed by atoms with E-state index in [4.69, 9.17) is 4.74 Å². The molecule has 2 amide bonds. The maximum absolute atomic E-state index is 12.9. The molecule has 0 spiro atoms. The minimum absolute atomic E-state index is 0.0522. The fourth-order valence-electron chi connectivity index (χ4n) is 4.17. The highest BCUT2D eigenvalue weighted by Gasteiger charge is 2.31. The molecule has 3 rings (SSSR count). The first-order chi connectivity index (χ1) is 11.6. The third-order valence-corrected chi connectivity index (χ3v) is 5.27. The summed E-state index contributed by atoms with van der Waals surface area (Å²) in [5.74, 6) is 0.543. The summed E-state index contributed by atoms with van der Waals surface area (Å²) in [6.45, 7) is 5.40. The third-order valence-electron chi connectivity index (χ3n) is 5.27. The summed E-state index contributed by atoms with van der Waals surface area (Å²) in [6.07, 6.45) is 6.48. The highest BCUT2D eigenvalue weighted by molar-refractivity contribution is 5.75. The van der Waals surface area contributed by atoms with Crippen molar-refractivity contribution in [3.63, 3.8) is 0 Å². The number of nitrogens with zero attached hydrogens (tertiary/aromatic N) is 1. The van der Waals surface area contributed by atoms with E-state index in [2.05, 4.69) is 29.6 Å². The van der Waals surface area contributed by atoms with Crippen molar-refractivity contribution in [2.24, 2.45) is 5.92 Å². The number of rotatable bonds is 3. The van der Waals surface area contributed by atoms with Gasteiger partial charge in [-0.25, -0.2) is 4.79 Å². The largest absolute Gasteiger partial charge is 0.372 e. The number of ether oxygens (including phenoxy) is 1. The van der Waals surface area contributed by atoms with E-state index in [0.29, 0.717) is 19.0 Å². The molecule has 0 bridgehead atoms. The van der Waals surface area contributed by atoms with Crippen molar-refractivity contribution < 1.29 is 9.53 Å². The van der Waals surface area contributed by atoms with Crippen molar-refractivity contribution in [2.45, 2.75) is 64.2 Å². The summed E-state index contributed by atoms with van der Waals surface area (Å²) in [5.41, 5.74) is 1.23. The van der Waals surface area contributed by atoms with Crippen LogP contribution in [0.25, 0.3) is 0 Å². The van der Waals surface area contributed by atoms with Gasteiger partial charge in [0.05, 0.1) is 18.2 Å². The smallest absolute Gasteiger partial charge is 0.318 e. The van der Waals surface area contributed by atoms with Crippen molar-refractivity contribution >= 4 is 6.03 Å². The maximum atomic E-state index is 12.9. The second kappa shape index (κ2) is 8.02. The zero-order chi connectivity index (χ0) is 16.9. The average molecular weight is 330 g/mol. The van der Waals surface area contributed by atoms with Crippen LogP contribution in [-0.4, -0.2) is 36.2 Å². The number of hydrogen-bond donors (Lipinski definition) is 1. The lowest BCUT2D eigenvalue weighted by Gasteiger charge is -2.38. The van der Waals surface area contributed by atoms with Crippen molar-refractivity contribution in [3.05, 3.63) is 35.9 Å². The normalized spacial score (nSPS) is 26.8. The monoisotopic (exact) mass is 330 g/mol. The molecule has 2 fully saturated rings. The quantitative estimate of drug-likeness (QED) is 0.905. The van der Waals surface area contributed by atoms with Gasteiger partial charge in [-0.1, -0.05) is 49.6 Å². The van der Waals surface area contributed by atoms with E-state index in [1.165, 1.54) is 37.7 Å². The molecule has 4 nitrogen and oxygen atoms in total. The summed E-state index contributed by atoms with van der Waals surface area (Å²) in [7, 11) is 0. The second-order valence-corrected chi connectivity index (χ2v) is 7.40. The summed E-state index contributed by atoms with van der Waals surface area (Å²) in [6, 6.07) is 10.6. The van der Waals surface area contributed by atoms with Gasteiger partial charge in [-0.2, -0.15) is 0 Å². The molecular weight excluding hydrogens is 300 g/mol. The summed E-state index contributed by atoms with van der Waals surface area (Å²) in [4.78, 5) is 14.8. The van der Waals surface area contributed by atoms with Gasteiger partial charge in [0.15, 0.2) is 0 Å². The Morgan fingerprint density at radius 1 is 1.08 bits per heavy atom. The van der Waals surface area contributed by atoms with Crippen LogP contribution in [0.1, 0.15) is 57.6 Å². The predicted octanol–water partition coefficient (Wildman–Crippen LogP) is 4.13. The third kappa shape index (κ3) is 4.29. The summed E-state index contributed by atoms with van der Waals surface area (Å²) < 4.78 is 5.75. The first-order valence-electron chi connectivity index (χ1n) is 9.39. The lowest BCUT2D eigenvalue weighted by molar-refractivity contribution is -0.0550. The van der Waals surface area contributed by atoms with Crippen LogP contribution in [0, 0.1) is 5.92 Å². The fourth-order valence-corrected chi connectivity index (χ4v) is 4.17. The molecule has 3 atom stereocenters. The molecule has 4 heteroatoms. The van der Waals surface area contributed by atoms with Crippen LogP contribution in [0.4, 0.5) is 4.79 Å². The Hall–Kier alpha value is -1.55. The second-order valence-electron chi connectivity index (χ2n) is 7.40. The Labute approximate surface area is 145 Å². The molecule has 1 heterocycles. The molecule has 1 aliphatic heterocycles. The van der Waals surface area contributed by atoms with Gasteiger partial charge in [-0.05, 0) is 38.2 Å². The van der Waals surface area contributed by atoms with Gasteiger partial charge in [0, 0.05) is 13.1 Å². The predicted molar refractivity (Wildman–Crippen MR) is 95.9 cm³/mol. The van der Waals surface area contributed by atoms with Crippen molar-refractivity contribution in [2.75, 3.05) is 13.1 Å². The molecule has 1 aromatic carbocycles. The number of nitrogens with one attached hydrogen (secondary N) is 1. The average Bonchev–Trinajstić information content (AvgIpc) is 2.60. The van der Waals surface area contributed by atoms with Gasteiger partial charge in [0.25, 0.3) is 0 Å². The van der Waals surface area contributed by atoms with Crippen LogP contribution < -0.4 is 5.32 Å². The van der Waals surface area contributed by atoms with E-state index >= 15 is 0 Å². The minimum Gasteiger partial charge on any atom is -0.372 e. The molecule has 2 aliphatic rings. The zero-order valence-electron chi connectivity index (χ0n) is 14.9. The van der Waals surface area contributed by atoms with Crippen LogP contribution in [0.3, 0.4) is 0 Å². The highest BCUT2D eigenvalue weighted by atomic mass is 16.5. The van der Waals surface area contributed by atoms with Crippen LogP contribution in [0.5, 0.6) is 0 Å². The van der Waals surface area contributed by atoms with Crippen molar-refractivity contribution in [1.29, 1.82) is 0 Å². The highest BCUT2D eigenvalue weighted by Crippen LogP contribution is 2.34. The molecular formula is C20H30N2O2. The first kappa shape index (κ1) is 17.3. The van der Waals surface area contributed by atoms with E-state index in [0.717, 1.165) is 0 Å². The zero-order valence-corrected chi connectivity index (χ0v) is 14.9. The Morgan fingerprint density at radius 2 is 1.71 bits per heavy atom. The molecule has 3 unspecified atom stereocenters. The van der Waals surface area contributed by atoms with E-state index < -0.39 is 0 Å². The molecule has 1 saturated carbocycles. The van der Waals surface area contributed by atoms with Crippen molar-refractivity contribution in [3.8, 4) is 0 Å². The van der Waals surface area contributed by atoms with E-state index in [1.54, 1.807) is 0 Å². The Morgan fingerprint density at radius 3 is 2.33 bits per heavy atom. The Balaban J connectivity index is 1.72. The molecule has 24 heavy (non-hydrogen) atoms. The number of carbonyl (C=O) groups is 1. The van der Waals surface area contributed by atoms with Crippen LogP contribution >= 0.6 is 0 Å². The van der Waals surface area contributed by atoms with Gasteiger partial charge in [-0.3, -0.25) is 0 Å². The molecule has 0 aromatic heterocycles. The number of amides is 2. The molecule has 1 N–H and O–H groups in total. The SMILES string of the molecule is CC1CN(C(=O)NC(c2ccccc2)C2CCCCC2)CC(C)O1. The number of benzene rings is 1. The van der Waals surface area contributed by atoms with Gasteiger partial charge in [0.2, 0.25) is 0 Å². The van der Waals surface area contributed by atoms with Crippen LogP contribution in [0.2, 0.25) is 0 Å². The number of morpholine rings is 1. The standard InChI is InChI=1S/C20H30N2O2/c1-15-13-22(14-16(2)24-15)20(23)21-19(17-9-5-3-6-10-17)18-11-7-4-8-12-18/h3,5-6,9-10,15-16,18-19H,4,7-8,11-14H2,1-2H3,(H,21,23). The Bertz CT molecular complexity index is 518. The lowest BCUT2D eigenvalue weighted by Crippen LogP contribution is -2.52. The number of carbonyl (C=O) groups excluding carboxylic acids is 1. The van der Waals surface area contributed by atoms with Gasteiger partial charge < -0.3 is 15.0 Å². The topological polar surface area (TPSA) is 41.6 Å². The Kier molecular flexibility index (Phi) is 5.77. The lowest BCUT2D eigenvalue weighted by atomic mass is 9.81. The first-order valence-corrected chi connectivity index (χ1v) is 9.39. The number of hydrogen-bond acceptors (Lipinski definition) is 2. The minimum atomic E-state index is 0.0522. The van der Waals surface area contributed by atoms with Crippen LogP contribution in [0.15, 0.2) is 30.3 Å². The van der Waals surface area contributed by atoms with E-state index in [1.807, 2.05) is 24.8 Å². The van der Waals surface area contributed by atoms with Crippen molar-refractivity contribution in [1.82, 2.24) is 10.2 Å². The molecule has 0 radical (unpaired) electrons. The van der Waals surface area contributed by atoms with Gasteiger partial charge in [-0.15, -0.1) is 0 Å². The van der Waals surface area contributed by atoms with Gasteiger partial charge >= 0.3 is 6.03 Å². The van der Waals surface area contributed by atoms with Crippen LogP contribution in [-0.2, 0) is 4.74 Å². The number of urea groups is 1. The molecule has 132 valence electrons. The summed E-state index contributed by atoms with van der Waals surface area (Å²) in [5, 5.41) is 3.35. The van der Waals surface area contributed by atoms with E-state index in [-0.39, 0.29) is 24.3 Å². The summed E-state index contributed by atoms with van der Waals surface area (Å²) >= 11 is 0. The fraction of sp³-hybridized carbons (Fsp3) is 0.650. The van der Waals surface area contributed by atoms with E-state index in [9.17, 15) is 4.79 Å². The maximum Gasteiger partial charge on any atom is 0.318 e.